The Bertz CT molecular complexity index is 568. The molecule has 0 bridgehead atoms. The summed E-state index contributed by atoms with van der Waals surface area (Å²) in [5, 5.41) is 0. The summed E-state index contributed by atoms with van der Waals surface area (Å²) in [4.78, 5) is 35.7. The minimum Gasteiger partial charge on any atom is -0.472 e. The molecule has 0 spiro atoms. The third kappa shape index (κ3) is 2.24. The second kappa shape index (κ2) is 5.32. The van der Waals surface area contributed by atoms with Crippen molar-refractivity contribution >= 4 is 17.7 Å². The van der Waals surface area contributed by atoms with Gasteiger partial charge in [-0.25, -0.2) is 4.79 Å². The van der Waals surface area contributed by atoms with Gasteiger partial charge in [0.25, 0.3) is 0 Å². The zero-order valence-electron chi connectivity index (χ0n) is 11.2. The van der Waals surface area contributed by atoms with Crippen molar-refractivity contribution in [3.8, 4) is 0 Å². The van der Waals surface area contributed by atoms with E-state index in [1.807, 2.05) is 0 Å². The topological polar surface area (TPSA) is 82.8 Å². The molecule has 106 valence electrons. The number of esters is 2. The predicted octanol–water partition coefficient (Wildman–Crippen LogP) is 1.51. The van der Waals surface area contributed by atoms with Crippen LogP contribution in [0.25, 0.3) is 0 Å². The van der Waals surface area contributed by atoms with Crippen LogP contribution in [0, 0.1) is 5.41 Å². The third-order valence-corrected chi connectivity index (χ3v) is 3.16. The lowest BCUT2D eigenvalue weighted by Gasteiger charge is -2.09. The average molecular weight is 278 g/mol. The van der Waals surface area contributed by atoms with E-state index in [-0.39, 0.29) is 18.6 Å². The van der Waals surface area contributed by atoms with Crippen LogP contribution < -0.4 is 0 Å². The van der Waals surface area contributed by atoms with Gasteiger partial charge in [0, 0.05) is 6.08 Å². The molecule has 1 atom stereocenters. The number of hydrogen-bond donors (Lipinski definition) is 0. The molecule has 2 rings (SSSR count). The minimum atomic E-state index is -1.41. The fraction of sp³-hybridized carbons (Fsp3) is 0.357. The summed E-state index contributed by atoms with van der Waals surface area (Å²) in [6.07, 6.45) is 3.93. The Morgan fingerprint density at radius 2 is 2.20 bits per heavy atom. The fourth-order valence-corrected chi connectivity index (χ4v) is 2.08. The van der Waals surface area contributed by atoms with E-state index in [9.17, 15) is 14.4 Å². The molecule has 0 aromatic carbocycles. The largest absolute Gasteiger partial charge is 0.472 e. The Kier molecular flexibility index (Phi) is 3.74. The van der Waals surface area contributed by atoms with E-state index in [0.29, 0.717) is 5.57 Å². The van der Waals surface area contributed by atoms with Crippen molar-refractivity contribution in [1.29, 1.82) is 0 Å². The maximum atomic E-state index is 12.4. The first kappa shape index (κ1) is 14.0. The van der Waals surface area contributed by atoms with Crippen molar-refractivity contribution in [2.45, 2.75) is 13.3 Å². The van der Waals surface area contributed by atoms with Crippen LogP contribution in [0.3, 0.4) is 0 Å². The third-order valence-electron chi connectivity index (χ3n) is 3.16. The SMILES string of the molecule is CCOC(=O)/C=C1\CC1(C(=O)OC)C(=O)c1ccoc1. The van der Waals surface area contributed by atoms with Crippen molar-refractivity contribution in [3.05, 3.63) is 35.8 Å². The number of carbonyl (C=O) groups is 3. The molecule has 1 unspecified atom stereocenters. The molecule has 6 nitrogen and oxygen atoms in total. The maximum Gasteiger partial charge on any atom is 0.330 e. The van der Waals surface area contributed by atoms with Gasteiger partial charge in [-0.3, -0.25) is 9.59 Å². The lowest BCUT2D eigenvalue weighted by atomic mass is 9.95. The van der Waals surface area contributed by atoms with E-state index in [2.05, 4.69) is 4.74 Å². The van der Waals surface area contributed by atoms with Crippen LogP contribution in [0.4, 0.5) is 0 Å². The first-order valence-electron chi connectivity index (χ1n) is 6.09. The Labute approximate surface area is 115 Å². The van der Waals surface area contributed by atoms with Crippen LogP contribution in [0.2, 0.25) is 0 Å². The van der Waals surface area contributed by atoms with Gasteiger partial charge in [-0.15, -0.1) is 0 Å². The second-order valence-electron chi connectivity index (χ2n) is 4.34. The lowest BCUT2D eigenvalue weighted by Crippen LogP contribution is -2.27. The minimum absolute atomic E-state index is 0.155. The van der Waals surface area contributed by atoms with Crippen molar-refractivity contribution in [1.82, 2.24) is 0 Å². The molecule has 1 aromatic heterocycles. The summed E-state index contributed by atoms with van der Waals surface area (Å²) in [5.74, 6) is -1.69. The Hall–Kier alpha value is -2.37. The van der Waals surface area contributed by atoms with Gasteiger partial charge in [-0.2, -0.15) is 0 Å². The van der Waals surface area contributed by atoms with Gasteiger partial charge >= 0.3 is 11.9 Å². The molecule has 1 aliphatic carbocycles. The Morgan fingerprint density at radius 3 is 2.75 bits per heavy atom. The summed E-state index contributed by atoms with van der Waals surface area (Å²) in [6, 6.07) is 1.47. The number of Topliss-reactive ketones (excluding diaryl/α,β-unsaturated/α-hetero) is 1. The van der Waals surface area contributed by atoms with E-state index in [4.69, 9.17) is 9.15 Å². The summed E-state index contributed by atoms with van der Waals surface area (Å²) >= 11 is 0. The number of methoxy groups -OCH3 is 1. The smallest absolute Gasteiger partial charge is 0.330 e. The van der Waals surface area contributed by atoms with Crippen LogP contribution in [0.5, 0.6) is 0 Å². The summed E-state index contributed by atoms with van der Waals surface area (Å²) < 4.78 is 14.3. The van der Waals surface area contributed by atoms with Crippen LogP contribution >= 0.6 is 0 Å². The number of carbonyl (C=O) groups excluding carboxylic acids is 3. The number of rotatable bonds is 5. The molecule has 6 heteroatoms. The van der Waals surface area contributed by atoms with Crippen LogP contribution in [-0.4, -0.2) is 31.4 Å². The highest BCUT2D eigenvalue weighted by atomic mass is 16.5. The van der Waals surface area contributed by atoms with E-state index >= 15 is 0 Å². The van der Waals surface area contributed by atoms with Crippen molar-refractivity contribution < 1.29 is 28.3 Å². The highest BCUT2D eigenvalue weighted by Crippen LogP contribution is 2.55. The van der Waals surface area contributed by atoms with E-state index < -0.39 is 23.1 Å². The molecular weight excluding hydrogens is 264 g/mol. The van der Waals surface area contributed by atoms with Gasteiger partial charge in [0.1, 0.15) is 6.26 Å². The van der Waals surface area contributed by atoms with E-state index in [1.165, 1.54) is 31.8 Å². The standard InChI is InChI=1S/C14H14O6/c1-3-20-11(15)6-10-7-14(10,13(17)18-2)12(16)9-4-5-19-8-9/h4-6,8H,3,7H2,1-2H3/b10-6+. The first-order chi connectivity index (χ1) is 9.56. The van der Waals surface area contributed by atoms with Gasteiger partial charge in [0.15, 0.2) is 11.2 Å². The molecule has 0 amide bonds. The molecule has 0 aliphatic heterocycles. The van der Waals surface area contributed by atoms with Crippen molar-refractivity contribution in [2.75, 3.05) is 13.7 Å². The Balaban J connectivity index is 2.30. The van der Waals surface area contributed by atoms with Crippen LogP contribution in [0.1, 0.15) is 23.7 Å². The van der Waals surface area contributed by atoms with Crippen LogP contribution in [-0.2, 0) is 19.1 Å². The molecule has 1 aromatic rings. The van der Waals surface area contributed by atoms with Gasteiger partial charge in [-0.1, -0.05) is 0 Å². The zero-order valence-corrected chi connectivity index (χ0v) is 11.2. The van der Waals surface area contributed by atoms with E-state index in [0.717, 1.165) is 0 Å². The highest BCUT2D eigenvalue weighted by Gasteiger charge is 2.63. The molecule has 20 heavy (non-hydrogen) atoms. The average Bonchev–Trinajstić information content (AvgIpc) is 2.90. The number of hydrogen-bond acceptors (Lipinski definition) is 6. The molecule has 0 N–H and O–H groups in total. The monoisotopic (exact) mass is 278 g/mol. The molecule has 1 saturated carbocycles. The molecule has 0 radical (unpaired) electrons. The van der Waals surface area contributed by atoms with E-state index in [1.54, 1.807) is 6.92 Å². The molecule has 0 saturated heterocycles. The normalized spacial score (nSPS) is 22.4. The second-order valence-corrected chi connectivity index (χ2v) is 4.34. The van der Waals surface area contributed by atoms with Gasteiger partial charge in [-0.05, 0) is 25.0 Å². The van der Waals surface area contributed by atoms with Gasteiger partial charge in [0.2, 0.25) is 0 Å². The number of ether oxygens (including phenoxy) is 2. The summed E-state index contributed by atoms with van der Waals surface area (Å²) in [6.45, 7) is 1.90. The number of furan rings is 1. The molecule has 1 heterocycles. The fourth-order valence-electron chi connectivity index (χ4n) is 2.08. The Morgan fingerprint density at radius 1 is 1.45 bits per heavy atom. The first-order valence-corrected chi connectivity index (χ1v) is 6.09. The summed E-state index contributed by atoms with van der Waals surface area (Å²) in [5.41, 5.74) is -0.748. The van der Waals surface area contributed by atoms with Gasteiger partial charge in [0.05, 0.1) is 25.5 Å². The molecular formula is C14H14O6. The highest BCUT2D eigenvalue weighted by molar-refractivity contribution is 6.19. The van der Waals surface area contributed by atoms with Crippen molar-refractivity contribution in [2.24, 2.45) is 5.41 Å². The number of ketones is 1. The van der Waals surface area contributed by atoms with Crippen molar-refractivity contribution in [3.63, 3.8) is 0 Å². The zero-order chi connectivity index (χ0) is 14.8. The molecule has 1 aliphatic rings. The van der Waals surface area contributed by atoms with Crippen LogP contribution in [0.15, 0.2) is 34.7 Å². The maximum absolute atomic E-state index is 12.4. The lowest BCUT2D eigenvalue weighted by molar-refractivity contribution is -0.144. The predicted molar refractivity (Wildman–Crippen MR) is 66.8 cm³/mol. The molecule has 1 fully saturated rings. The van der Waals surface area contributed by atoms with Gasteiger partial charge < -0.3 is 13.9 Å². The quantitative estimate of drug-likeness (QED) is 0.351. The summed E-state index contributed by atoms with van der Waals surface area (Å²) in [7, 11) is 1.20.